The van der Waals surface area contributed by atoms with Crippen molar-refractivity contribution in [3.8, 4) is 0 Å². The number of benzene rings is 1. The van der Waals surface area contributed by atoms with E-state index in [9.17, 15) is 4.39 Å². The minimum Gasteiger partial charge on any atom is -0.398 e. The zero-order valence-corrected chi connectivity index (χ0v) is 9.52. The Hall–Kier alpha value is -0.960. The third-order valence-corrected chi connectivity index (χ3v) is 3.27. The Morgan fingerprint density at radius 1 is 1.33 bits per heavy atom. The third kappa shape index (κ3) is 3.96. The number of hydrogen-bond acceptors (Lipinski definition) is 2. The van der Waals surface area contributed by atoms with Crippen molar-refractivity contribution in [3.63, 3.8) is 0 Å². The van der Waals surface area contributed by atoms with Crippen molar-refractivity contribution >= 4 is 23.5 Å². The summed E-state index contributed by atoms with van der Waals surface area (Å²) in [6.45, 7) is 3.43. The van der Waals surface area contributed by atoms with Crippen LogP contribution in [-0.2, 0) is 0 Å². The van der Waals surface area contributed by atoms with E-state index in [0.29, 0.717) is 11.3 Å². The molecule has 0 aliphatic carbocycles. The van der Waals surface area contributed by atoms with Gasteiger partial charge in [0.15, 0.2) is 0 Å². The summed E-state index contributed by atoms with van der Waals surface area (Å²) < 4.78 is 12.7. The standard InChI is InChI=1S/C8H8FN.C4H8S/c1-2-6-7(9)4-3-5-8(6)10;1-2-4-5-3-1/h2-5H,1,10H2;1-4H2. The first kappa shape index (κ1) is 12.1. The van der Waals surface area contributed by atoms with E-state index in [4.69, 9.17) is 5.73 Å². The lowest BCUT2D eigenvalue weighted by atomic mass is 10.2. The highest BCUT2D eigenvalue weighted by Crippen LogP contribution is 2.16. The van der Waals surface area contributed by atoms with Gasteiger partial charge >= 0.3 is 0 Å². The molecule has 0 saturated carbocycles. The first-order chi connectivity index (χ1) is 7.25. The van der Waals surface area contributed by atoms with Gasteiger partial charge in [-0.25, -0.2) is 4.39 Å². The highest BCUT2D eigenvalue weighted by atomic mass is 32.2. The van der Waals surface area contributed by atoms with Crippen LogP contribution in [0.5, 0.6) is 0 Å². The van der Waals surface area contributed by atoms with E-state index in [1.165, 1.54) is 36.5 Å². The number of halogens is 1. The SMILES string of the molecule is C1CCSC1.C=Cc1c(N)cccc1F. The van der Waals surface area contributed by atoms with Crippen LogP contribution in [0.1, 0.15) is 18.4 Å². The molecule has 0 bridgehead atoms. The quantitative estimate of drug-likeness (QED) is 0.739. The lowest BCUT2D eigenvalue weighted by molar-refractivity contribution is 0.626. The van der Waals surface area contributed by atoms with Crippen LogP contribution in [-0.4, -0.2) is 11.5 Å². The lowest BCUT2D eigenvalue weighted by Crippen LogP contribution is -1.91. The van der Waals surface area contributed by atoms with Gasteiger partial charge < -0.3 is 5.73 Å². The van der Waals surface area contributed by atoms with E-state index in [-0.39, 0.29) is 5.82 Å². The van der Waals surface area contributed by atoms with Gasteiger partial charge in [0.05, 0.1) is 0 Å². The Morgan fingerprint density at radius 2 is 2.00 bits per heavy atom. The van der Waals surface area contributed by atoms with Gasteiger partial charge in [0.1, 0.15) is 5.82 Å². The fraction of sp³-hybridized carbons (Fsp3) is 0.333. The Kier molecular flexibility index (Phi) is 5.26. The lowest BCUT2D eigenvalue weighted by Gasteiger charge is -1.98. The van der Waals surface area contributed by atoms with Crippen molar-refractivity contribution < 1.29 is 4.39 Å². The topological polar surface area (TPSA) is 26.0 Å². The molecular weight excluding hydrogens is 209 g/mol. The average molecular weight is 225 g/mol. The zero-order valence-electron chi connectivity index (χ0n) is 8.71. The summed E-state index contributed by atoms with van der Waals surface area (Å²) in [5, 5.41) is 0. The van der Waals surface area contributed by atoms with Crippen LogP contribution < -0.4 is 5.73 Å². The molecule has 0 amide bonds. The predicted molar refractivity (Wildman–Crippen MR) is 67.5 cm³/mol. The van der Waals surface area contributed by atoms with Crippen molar-refractivity contribution in [1.82, 2.24) is 0 Å². The second kappa shape index (κ2) is 6.51. The summed E-state index contributed by atoms with van der Waals surface area (Å²) in [4.78, 5) is 0. The van der Waals surface area contributed by atoms with Gasteiger partial charge in [-0.1, -0.05) is 18.7 Å². The van der Waals surface area contributed by atoms with Crippen LogP contribution in [0.3, 0.4) is 0 Å². The molecule has 3 heteroatoms. The van der Waals surface area contributed by atoms with E-state index in [1.807, 2.05) is 0 Å². The van der Waals surface area contributed by atoms with Crippen molar-refractivity contribution in [2.45, 2.75) is 12.8 Å². The Labute approximate surface area is 94.6 Å². The van der Waals surface area contributed by atoms with Crippen LogP contribution in [0.15, 0.2) is 24.8 Å². The molecule has 0 atom stereocenters. The Bertz CT molecular complexity index is 294. The molecule has 1 aromatic carbocycles. The van der Waals surface area contributed by atoms with Gasteiger partial charge in [0.25, 0.3) is 0 Å². The molecule has 82 valence electrons. The maximum Gasteiger partial charge on any atom is 0.132 e. The second-order valence-electron chi connectivity index (χ2n) is 3.27. The number of thioether (sulfide) groups is 1. The summed E-state index contributed by atoms with van der Waals surface area (Å²) in [6, 6.07) is 4.56. The molecule has 1 saturated heterocycles. The van der Waals surface area contributed by atoms with Gasteiger partial charge in [0.2, 0.25) is 0 Å². The van der Waals surface area contributed by atoms with Crippen molar-refractivity contribution in [2.75, 3.05) is 17.2 Å². The normalized spacial score (nSPS) is 14.2. The van der Waals surface area contributed by atoms with Gasteiger partial charge in [-0.2, -0.15) is 11.8 Å². The van der Waals surface area contributed by atoms with E-state index < -0.39 is 0 Å². The average Bonchev–Trinajstić information content (AvgIpc) is 2.76. The van der Waals surface area contributed by atoms with Crippen LogP contribution >= 0.6 is 11.8 Å². The maximum absolute atomic E-state index is 12.7. The van der Waals surface area contributed by atoms with Crippen LogP contribution in [0.25, 0.3) is 6.08 Å². The monoisotopic (exact) mass is 225 g/mol. The van der Waals surface area contributed by atoms with Gasteiger partial charge in [-0.3, -0.25) is 0 Å². The molecular formula is C12H16FNS. The van der Waals surface area contributed by atoms with E-state index in [1.54, 1.807) is 12.1 Å². The van der Waals surface area contributed by atoms with E-state index in [0.717, 1.165) is 0 Å². The van der Waals surface area contributed by atoms with Crippen molar-refractivity contribution in [3.05, 3.63) is 36.2 Å². The van der Waals surface area contributed by atoms with Crippen molar-refractivity contribution in [1.29, 1.82) is 0 Å². The molecule has 1 fully saturated rings. The summed E-state index contributed by atoms with van der Waals surface area (Å²) in [7, 11) is 0. The zero-order chi connectivity index (χ0) is 11.1. The number of anilines is 1. The second-order valence-corrected chi connectivity index (χ2v) is 4.49. The van der Waals surface area contributed by atoms with E-state index in [2.05, 4.69) is 18.3 Å². The molecule has 0 unspecified atom stereocenters. The number of nitrogens with two attached hydrogens (primary N) is 1. The van der Waals surface area contributed by atoms with Crippen molar-refractivity contribution in [2.24, 2.45) is 0 Å². The molecule has 1 aromatic rings. The van der Waals surface area contributed by atoms with Gasteiger partial charge in [-0.05, 0) is 36.5 Å². The fourth-order valence-corrected chi connectivity index (χ4v) is 2.30. The molecule has 1 aliphatic heterocycles. The molecule has 15 heavy (non-hydrogen) atoms. The maximum atomic E-state index is 12.7. The molecule has 0 spiro atoms. The smallest absolute Gasteiger partial charge is 0.132 e. The summed E-state index contributed by atoms with van der Waals surface area (Å²) >= 11 is 2.07. The summed E-state index contributed by atoms with van der Waals surface area (Å²) in [5.74, 6) is 2.51. The minimum absolute atomic E-state index is 0.324. The number of nitrogen functional groups attached to an aromatic ring is 1. The largest absolute Gasteiger partial charge is 0.398 e. The highest BCUT2D eigenvalue weighted by molar-refractivity contribution is 7.99. The Morgan fingerprint density at radius 3 is 2.33 bits per heavy atom. The first-order valence-corrected chi connectivity index (χ1v) is 6.15. The molecule has 2 rings (SSSR count). The molecule has 1 aliphatic rings. The molecule has 2 N–H and O–H groups in total. The first-order valence-electron chi connectivity index (χ1n) is 5.00. The number of rotatable bonds is 1. The molecule has 1 nitrogen and oxygen atoms in total. The number of hydrogen-bond donors (Lipinski definition) is 1. The van der Waals surface area contributed by atoms with Crippen LogP contribution in [0.2, 0.25) is 0 Å². The summed E-state index contributed by atoms with van der Waals surface area (Å²) in [5.41, 5.74) is 6.22. The fourth-order valence-electron chi connectivity index (χ4n) is 1.28. The van der Waals surface area contributed by atoms with E-state index >= 15 is 0 Å². The van der Waals surface area contributed by atoms with Crippen LogP contribution in [0.4, 0.5) is 10.1 Å². The Balaban J connectivity index is 0.000000187. The van der Waals surface area contributed by atoms with Gasteiger partial charge in [0, 0.05) is 11.3 Å². The summed E-state index contributed by atoms with van der Waals surface area (Å²) in [6.07, 6.45) is 4.33. The molecule has 0 aromatic heterocycles. The predicted octanol–water partition coefficient (Wildman–Crippen LogP) is 3.56. The van der Waals surface area contributed by atoms with Crippen LogP contribution in [0, 0.1) is 5.82 Å². The molecule has 1 heterocycles. The highest BCUT2D eigenvalue weighted by Gasteiger charge is 1.99. The third-order valence-electron chi connectivity index (χ3n) is 2.12. The molecule has 0 radical (unpaired) electrons. The minimum atomic E-state index is -0.324. The van der Waals surface area contributed by atoms with Gasteiger partial charge in [-0.15, -0.1) is 0 Å².